The molecule has 0 amide bonds. The number of hydrogen-bond donors (Lipinski definition) is 1. The predicted octanol–water partition coefficient (Wildman–Crippen LogP) is 3.27. The zero-order chi connectivity index (χ0) is 18.5. The summed E-state index contributed by atoms with van der Waals surface area (Å²) in [5, 5.41) is 7.97. The Morgan fingerprint density at radius 2 is 1.89 bits per heavy atom. The summed E-state index contributed by atoms with van der Waals surface area (Å²) in [6, 6.07) is 3.47. The molecule has 138 valence electrons. The van der Waals surface area contributed by atoms with Crippen molar-refractivity contribution in [2.24, 2.45) is 0 Å². The molecule has 0 saturated carbocycles. The Kier molecular flexibility index (Phi) is 3.72. The molecule has 1 aliphatic heterocycles. The minimum absolute atomic E-state index is 0.323. The molecule has 7 heteroatoms. The maximum absolute atomic E-state index is 14.8. The molecule has 0 bridgehead atoms. The van der Waals surface area contributed by atoms with Crippen LogP contribution in [0.1, 0.15) is 35.8 Å². The number of aryl methyl sites for hydroxylation is 2. The van der Waals surface area contributed by atoms with Gasteiger partial charge in [0.2, 0.25) is 0 Å². The van der Waals surface area contributed by atoms with Crippen molar-refractivity contribution < 1.29 is 4.39 Å². The highest BCUT2D eigenvalue weighted by molar-refractivity contribution is 5.68. The molecule has 27 heavy (non-hydrogen) atoms. The van der Waals surface area contributed by atoms with Crippen LogP contribution in [0.15, 0.2) is 30.7 Å². The Morgan fingerprint density at radius 1 is 1.07 bits per heavy atom. The SMILES string of the molecule is Cc1cn2nc(-c3cc(F)c4nc(C5CCNCC5)cn4c3)cc2c(C)n1. The standard InChI is InChI=1S/C20H21FN6/c1-12-9-27-19(13(2)23-12)8-17(25-27)15-7-16(21)20-24-18(11-26(20)10-15)14-3-5-22-6-4-14/h7-11,14,22H,3-6H2,1-2H3. The molecule has 4 aromatic rings. The topological polar surface area (TPSA) is 59.5 Å². The molecule has 1 fully saturated rings. The van der Waals surface area contributed by atoms with E-state index in [1.807, 2.05) is 43.0 Å². The molecular weight excluding hydrogens is 343 g/mol. The monoisotopic (exact) mass is 364 g/mol. The van der Waals surface area contributed by atoms with Crippen LogP contribution < -0.4 is 5.32 Å². The highest BCUT2D eigenvalue weighted by Crippen LogP contribution is 2.28. The average molecular weight is 364 g/mol. The van der Waals surface area contributed by atoms with E-state index in [-0.39, 0.29) is 5.82 Å². The van der Waals surface area contributed by atoms with E-state index in [0.717, 1.165) is 59.8 Å². The lowest BCUT2D eigenvalue weighted by atomic mass is 9.95. The zero-order valence-corrected chi connectivity index (χ0v) is 15.4. The second kappa shape index (κ2) is 6.13. The molecule has 0 unspecified atom stereocenters. The van der Waals surface area contributed by atoms with Gasteiger partial charge >= 0.3 is 0 Å². The molecule has 0 spiro atoms. The Balaban J connectivity index is 1.60. The van der Waals surface area contributed by atoms with Gasteiger partial charge in [0.05, 0.1) is 34.5 Å². The number of aromatic nitrogens is 5. The first kappa shape index (κ1) is 16.4. The summed E-state index contributed by atoms with van der Waals surface area (Å²) in [4.78, 5) is 9.04. The Morgan fingerprint density at radius 3 is 2.70 bits per heavy atom. The lowest BCUT2D eigenvalue weighted by molar-refractivity contribution is 0.454. The highest BCUT2D eigenvalue weighted by atomic mass is 19.1. The first-order valence-electron chi connectivity index (χ1n) is 9.31. The van der Waals surface area contributed by atoms with Gasteiger partial charge in [-0.25, -0.2) is 13.9 Å². The third-order valence-electron chi connectivity index (χ3n) is 5.34. The van der Waals surface area contributed by atoms with Gasteiger partial charge in [0, 0.05) is 23.9 Å². The Hall–Kier alpha value is -2.80. The van der Waals surface area contributed by atoms with Crippen LogP contribution in [0.5, 0.6) is 0 Å². The van der Waals surface area contributed by atoms with Crippen molar-refractivity contribution in [1.29, 1.82) is 0 Å². The van der Waals surface area contributed by atoms with Gasteiger partial charge in [-0.1, -0.05) is 0 Å². The summed E-state index contributed by atoms with van der Waals surface area (Å²) >= 11 is 0. The zero-order valence-electron chi connectivity index (χ0n) is 15.4. The first-order chi connectivity index (χ1) is 13.1. The van der Waals surface area contributed by atoms with Crippen LogP contribution in [0.25, 0.3) is 22.4 Å². The molecule has 0 aromatic carbocycles. The predicted molar refractivity (Wildman–Crippen MR) is 101 cm³/mol. The smallest absolute Gasteiger partial charge is 0.173 e. The highest BCUT2D eigenvalue weighted by Gasteiger charge is 2.20. The summed E-state index contributed by atoms with van der Waals surface area (Å²) in [7, 11) is 0. The number of halogens is 1. The van der Waals surface area contributed by atoms with E-state index in [2.05, 4.69) is 20.4 Å². The van der Waals surface area contributed by atoms with Crippen LogP contribution in [0.3, 0.4) is 0 Å². The molecule has 4 aromatic heterocycles. The second-order valence-electron chi connectivity index (χ2n) is 7.32. The summed E-state index contributed by atoms with van der Waals surface area (Å²) in [5.74, 6) is 0.0664. The molecule has 1 N–H and O–H groups in total. The van der Waals surface area contributed by atoms with Crippen LogP contribution >= 0.6 is 0 Å². The molecule has 0 aliphatic carbocycles. The van der Waals surface area contributed by atoms with E-state index in [1.54, 1.807) is 4.40 Å². The van der Waals surface area contributed by atoms with E-state index < -0.39 is 0 Å². The lowest BCUT2D eigenvalue weighted by Gasteiger charge is -2.20. The van der Waals surface area contributed by atoms with Crippen molar-refractivity contribution >= 4 is 11.2 Å². The van der Waals surface area contributed by atoms with Crippen LogP contribution in [0.2, 0.25) is 0 Å². The summed E-state index contributed by atoms with van der Waals surface area (Å²) < 4.78 is 18.4. The number of nitrogens with one attached hydrogen (secondary N) is 1. The third-order valence-corrected chi connectivity index (χ3v) is 5.34. The molecule has 1 aliphatic rings. The lowest BCUT2D eigenvalue weighted by Crippen LogP contribution is -2.26. The molecule has 5 heterocycles. The van der Waals surface area contributed by atoms with Gasteiger partial charge < -0.3 is 9.72 Å². The minimum atomic E-state index is -0.323. The van der Waals surface area contributed by atoms with Crippen LogP contribution in [-0.2, 0) is 0 Å². The van der Waals surface area contributed by atoms with Crippen LogP contribution in [0, 0.1) is 19.7 Å². The summed E-state index contributed by atoms with van der Waals surface area (Å²) in [6.45, 7) is 5.87. The fourth-order valence-electron chi connectivity index (χ4n) is 3.96. The van der Waals surface area contributed by atoms with Gasteiger partial charge in [-0.3, -0.25) is 4.98 Å². The van der Waals surface area contributed by atoms with Gasteiger partial charge in [0.25, 0.3) is 0 Å². The molecule has 1 saturated heterocycles. The van der Waals surface area contributed by atoms with E-state index in [4.69, 9.17) is 0 Å². The minimum Gasteiger partial charge on any atom is -0.317 e. The Bertz CT molecular complexity index is 1150. The largest absolute Gasteiger partial charge is 0.317 e. The van der Waals surface area contributed by atoms with E-state index in [1.165, 1.54) is 6.07 Å². The molecule has 0 radical (unpaired) electrons. The van der Waals surface area contributed by atoms with Crippen molar-refractivity contribution in [1.82, 2.24) is 29.3 Å². The second-order valence-corrected chi connectivity index (χ2v) is 7.32. The number of fused-ring (bicyclic) bond motifs is 2. The van der Waals surface area contributed by atoms with Gasteiger partial charge in [-0.15, -0.1) is 0 Å². The molecule has 0 atom stereocenters. The average Bonchev–Trinajstić information content (AvgIpc) is 3.27. The number of pyridine rings is 1. The fraction of sp³-hybridized carbons (Fsp3) is 0.350. The van der Waals surface area contributed by atoms with Crippen LogP contribution in [0.4, 0.5) is 4.39 Å². The van der Waals surface area contributed by atoms with E-state index in [9.17, 15) is 4.39 Å². The van der Waals surface area contributed by atoms with Gasteiger partial charge in [0.1, 0.15) is 0 Å². The molecular formula is C20H21FN6. The maximum Gasteiger partial charge on any atom is 0.173 e. The maximum atomic E-state index is 14.8. The normalized spacial score (nSPS) is 15.8. The third kappa shape index (κ3) is 2.78. The van der Waals surface area contributed by atoms with Gasteiger partial charge in [-0.05, 0) is 51.9 Å². The number of imidazole rings is 1. The van der Waals surface area contributed by atoms with Crippen molar-refractivity contribution in [2.75, 3.05) is 13.1 Å². The van der Waals surface area contributed by atoms with Gasteiger partial charge in [0.15, 0.2) is 11.5 Å². The quantitative estimate of drug-likeness (QED) is 0.593. The first-order valence-corrected chi connectivity index (χ1v) is 9.31. The van der Waals surface area contributed by atoms with Crippen molar-refractivity contribution in [3.8, 4) is 11.3 Å². The fourth-order valence-corrected chi connectivity index (χ4v) is 3.96. The summed E-state index contributed by atoms with van der Waals surface area (Å²) in [5.41, 5.74) is 5.54. The van der Waals surface area contributed by atoms with Crippen molar-refractivity contribution in [2.45, 2.75) is 32.6 Å². The van der Waals surface area contributed by atoms with E-state index in [0.29, 0.717) is 11.6 Å². The van der Waals surface area contributed by atoms with Crippen molar-refractivity contribution in [3.05, 3.63) is 53.6 Å². The van der Waals surface area contributed by atoms with Crippen molar-refractivity contribution in [3.63, 3.8) is 0 Å². The summed E-state index contributed by atoms with van der Waals surface area (Å²) in [6.07, 6.45) is 7.83. The number of piperidine rings is 1. The number of nitrogens with zero attached hydrogens (tertiary/aromatic N) is 5. The van der Waals surface area contributed by atoms with E-state index >= 15 is 0 Å². The van der Waals surface area contributed by atoms with Gasteiger partial charge in [-0.2, -0.15) is 5.10 Å². The molecule has 5 rings (SSSR count). The molecule has 6 nitrogen and oxygen atoms in total. The van der Waals surface area contributed by atoms with Crippen LogP contribution in [-0.4, -0.2) is 37.1 Å². The number of rotatable bonds is 2. The number of hydrogen-bond acceptors (Lipinski definition) is 4. The Labute approximate surface area is 156 Å².